The first-order chi connectivity index (χ1) is 17.0. The van der Waals surface area contributed by atoms with Crippen molar-refractivity contribution in [2.45, 2.75) is 18.9 Å². The van der Waals surface area contributed by atoms with Crippen LogP contribution < -0.4 is 5.32 Å². The number of rotatable bonds is 8. The Morgan fingerprint density at radius 2 is 1.80 bits per heavy atom. The van der Waals surface area contributed by atoms with Gasteiger partial charge in [0.2, 0.25) is 0 Å². The first kappa shape index (κ1) is 23.1. The van der Waals surface area contributed by atoms with Crippen LogP contribution in [0.1, 0.15) is 40.4 Å². The summed E-state index contributed by atoms with van der Waals surface area (Å²) in [6, 6.07) is 23.4. The van der Waals surface area contributed by atoms with Crippen LogP contribution in [0.4, 0.5) is 0 Å². The molecule has 5 aromatic rings. The summed E-state index contributed by atoms with van der Waals surface area (Å²) in [6.45, 7) is 2.80. The molecular weight excluding hydrogens is 456 g/mol. The molecule has 5 rings (SSSR count). The number of fused-ring (bicyclic) bond motifs is 1. The summed E-state index contributed by atoms with van der Waals surface area (Å²) in [4.78, 5) is 17.2. The Balaban J connectivity index is 1.42. The van der Waals surface area contributed by atoms with Crippen molar-refractivity contribution in [1.82, 2.24) is 20.1 Å². The van der Waals surface area contributed by atoms with E-state index < -0.39 is 6.04 Å². The molecule has 5 nitrogen and oxygen atoms in total. The summed E-state index contributed by atoms with van der Waals surface area (Å²) in [5, 5.41) is 9.43. The van der Waals surface area contributed by atoms with Crippen molar-refractivity contribution in [3.05, 3.63) is 113 Å². The van der Waals surface area contributed by atoms with Gasteiger partial charge in [-0.25, -0.2) is 0 Å². The predicted molar refractivity (Wildman–Crippen MR) is 142 cm³/mol. The van der Waals surface area contributed by atoms with Crippen molar-refractivity contribution in [1.29, 1.82) is 0 Å². The molecule has 35 heavy (non-hydrogen) atoms. The van der Waals surface area contributed by atoms with Crippen molar-refractivity contribution in [2.24, 2.45) is 7.05 Å². The van der Waals surface area contributed by atoms with Crippen LogP contribution in [0.3, 0.4) is 0 Å². The molecule has 0 saturated carbocycles. The number of halogens is 1. The maximum absolute atomic E-state index is 13.9. The van der Waals surface area contributed by atoms with Gasteiger partial charge in [0, 0.05) is 53.0 Å². The quantitative estimate of drug-likeness (QED) is 0.247. The molecule has 0 radical (unpaired) electrons. The van der Waals surface area contributed by atoms with Gasteiger partial charge < -0.3 is 10.3 Å². The Morgan fingerprint density at radius 3 is 2.51 bits per heavy atom. The molecule has 0 amide bonds. The highest BCUT2D eigenvalue weighted by Gasteiger charge is 2.25. The number of aromatic nitrogens is 3. The summed E-state index contributed by atoms with van der Waals surface area (Å²) >= 11 is 6.05. The maximum atomic E-state index is 13.9. The summed E-state index contributed by atoms with van der Waals surface area (Å²) in [6.07, 6.45) is 5.64. The Bertz CT molecular complexity index is 1450. The molecule has 176 valence electrons. The fraction of sp³-hybridized carbons (Fsp3) is 0.172. The number of benzene rings is 3. The van der Waals surface area contributed by atoms with Gasteiger partial charge in [-0.3, -0.25) is 9.48 Å². The third-order valence-electron chi connectivity index (χ3n) is 6.45. The van der Waals surface area contributed by atoms with Gasteiger partial charge in [-0.2, -0.15) is 5.10 Å². The highest BCUT2D eigenvalue weighted by atomic mass is 35.5. The molecule has 2 heterocycles. The average molecular weight is 483 g/mol. The summed E-state index contributed by atoms with van der Waals surface area (Å²) in [7, 11) is 1.90. The molecule has 2 aromatic heterocycles. The minimum Gasteiger partial charge on any atom is -0.360 e. The molecule has 3 aromatic carbocycles. The molecule has 2 N–H and O–H groups in total. The number of aryl methyl sites for hydroxylation is 1. The van der Waals surface area contributed by atoms with Crippen molar-refractivity contribution in [3.8, 4) is 11.1 Å². The molecule has 0 aliphatic rings. The number of aromatic amines is 1. The van der Waals surface area contributed by atoms with Crippen molar-refractivity contribution in [2.75, 3.05) is 6.54 Å². The zero-order valence-corrected chi connectivity index (χ0v) is 20.5. The summed E-state index contributed by atoms with van der Waals surface area (Å²) in [5.74, 6) is 0.260. The van der Waals surface area contributed by atoms with E-state index in [4.69, 9.17) is 11.6 Å². The molecule has 0 fully saturated rings. The largest absolute Gasteiger partial charge is 0.360 e. The molecule has 0 spiro atoms. The van der Waals surface area contributed by atoms with Crippen molar-refractivity contribution < 1.29 is 4.79 Å². The van der Waals surface area contributed by atoms with Crippen LogP contribution in [-0.4, -0.2) is 27.1 Å². The van der Waals surface area contributed by atoms with Crippen molar-refractivity contribution in [3.63, 3.8) is 0 Å². The Hall–Kier alpha value is -3.67. The van der Waals surface area contributed by atoms with E-state index in [1.807, 2.05) is 92.4 Å². The number of nitrogens with zero attached hydrogens (tertiary/aromatic N) is 2. The monoisotopic (exact) mass is 482 g/mol. The van der Waals surface area contributed by atoms with Crippen LogP contribution in [0.15, 0.2) is 91.4 Å². The smallest absolute Gasteiger partial charge is 0.186 e. The lowest BCUT2D eigenvalue weighted by Gasteiger charge is -2.21. The van der Waals surface area contributed by atoms with Crippen molar-refractivity contribution >= 4 is 28.3 Å². The lowest BCUT2D eigenvalue weighted by molar-refractivity contribution is 0.0944. The number of carbonyl (C=O) groups excluding carboxylic acids is 1. The fourth-order valence-electron chi connectivity index (χ4n) is 4.45. The number of carbonyl (C=O) groups is 1. The maximum Gasteiger partial charge on any atom is 0.186 e. The fourth-order valence-corrected chi connectivity index (χ4v) is 4.57. The zero-order valence-electron chi connectivity index (χ0n) is 19.7. The van der Waals surface area contributed by atoms with Gasteiger partial charge in [0.25, 0.3) is 0 Å². The zero-order chi connectivity index (χ0) is 24.4. The Labute approximate surface area is 209 Å². The second-order valence-electron chi connectivity index (χ2n) is 8.93. The SMILES string of the molecule is C[C@@H](CNC(C(=O)c1c[nH]c2cc(-c3cnn(C)c3)ccc12)c1ccccc1)c1ccc(Cl)cc1. The van der Waals surface area contributed by atoms with E-state index in [2.05, 4.69) is 28.4 Å². The number of hydrogen-bond donors (Lipinski definition) is 2. The van der Waals surface area contributed by atoms with Crippen LogP contribution in [0.2, 0.25) is 5.02 Å². The van der Waals surface area contributed by atoms with Crippen LogP contribution in [-0.2, 0) is 7.05 Å². The van der Waals surface area contributed by atoms with E-state index in [-0.39, 0.29) is 11.7 Å². The molecule has 0 aliphatic carbocycles. The topological polar surface area (TPSA) is 62.7 Å². The van der Waals surface area contributed by atoms with Gasteiger partial charge >= 0.3 is 0 Å². The molecular formula is C29H27ClN4O. The van der Waals surface area contributed by atoms with Gasteiger partial charge in [-0.05, 0) is 40.8 Å². The van der Waals surface area contributed by atoms with Gasteiger partial charge in [0.1, 0.15) is 0 Å². The molecule has 2 atom stereocenters. The average Bonchev–Trinajstić information content (AvgIpc) is 3.51. The van der Waals surface area contributed by atoms with Crippen LogP contribution in [0, 0.1) is 0 Å². The number of Topliss-reactive ketones (excluding diaryl/α,β-unsaturated/α-hetero) is 1. The number of hydrogen-bond acceptors (Lipinski definition) is 3. The Morgan fingerprint density at radius 1 is 1.03 bits per heavy atom. The number of ketones is 1. The molecule has 0 bridgehead atoms. The highest BCUT2D eigenvalue weighted by Crippen LogP contribution is 2.29. The van der Waals surface area contributed by atoms with Gasteiger partial charge in [0.15, 0.2) is 5.78 Å². The van der Waals surface area contributed by atoms with E-state index in [1.165, 1.54) is 5.56 Å². The second kappa shape index (κ2) is 9.90. The number of H-pyrrole nitrogens is 1. The van der Waals surface area contributed by atoms with Gasteiger partial charge in [-0.15, -0.1) is 0 Å². The molecule has 0 aliphatic heterocycles. The van der Waals surface area contributed by atoms with Crippen LogP contribution in [0.5, 0.6) is 0 Å². The lowest BCUT2D eigenvalue weighted by atomic mass is 9.95. The molecule has 1 unspecified atom stereocenters. The van der Waals surface area contributed by atoms with Crippen LogP contribution in [0.25, 0.3) is 22.0 Å². The summed E-state index contributed by atoms with van der Waals surface area (Å²) < 4.78 is 1.78. The van der Waals surface area contributed by atoms with Crippen LogP contribution >= 0.6 is 11.6 Å². The number of nitrogens with one attached hydrogen (secondary N) is 2. The first-order valence-electron chi connectivity index (χ1n) is 11.7. The molecule has 6 heteroatoms. The van der Waals surface area contributed by atoms with E-state index in [0.29, 0.717) is 12.1 Å². The second-order valence-corrected chi connectivity index (χ2v) is 9.37. The third-order valence-corrected chi connectivity index (χ3v) is 6.70. The standard InChI is InChI=1S/C29H27ClN4O/c1-19(20-8-11-24(30)12-9-20)15-32-28(21-6-4-3-5-7-21)29(35)26-17-31-27-14-22(10-13-25(26)27)23-16-33-34(2)18-23/h3-14,16-19,28,31-32H,15H2,1-2H3/t19-,28?/m0/s1. The Kier molecular flexibility index (Phi) is 6.53. The highest BCUT2D eigenvalue weighted by molar-refractivity contribution is 6.30. The predicted octanol–water partition coefficient (Wildman–Crippen LogP) is 6.54. The van der Waals surface area contributed by atoms with Gasteiger partial charge in [0.05, 0.1) is 12.2 Å². The lowest BCUT2D eigenvalue weighted by Crippen LogP contribution is -2.31. The first-order valence-corrected chi connectivity index (χ1v) is 12.1. The molecule has 0 saturated heterocycles. The van der Waals surface area contributed by atoms with E-state index in [9.17, 15) is 4.79 Å². The van der Waals surface area contributed by atoms with E-state index in [1.54, 1.807) is 4.68 Å². The van der Waals surface area contributed by atoms with E-state index >= 15 is 0 Å². The van der Waals surface area contributed by atoms with E-state index in [0.717, 1.165) is 32.6 Å². The third kappa shape index (κ3) is 4.92. The van der Waals surface area contributed by atoms with Gasteiger partial charge in [-0.1, -0.05) is 73.1 Å². The minimum absolute atomic E-state index is 0.0416. The summed E-state index contributed by atoms with van der Waals surface area (Å²) in [5.41, 5.74) is 5.82. The minimum atomic E-state index is -0.456. The normalized spacial score (nSPS) is 13.1.